The second-order valence-electron chi connectivity index (χ2n) is 6.02. The minimum atomic E-state index is 0.277. The van der Waals surface area contributed by atoms with Gasteiger partial charge < -0.3 is 15.5 Å². The molecule has 0 aliphatic carbocycles. The number of hydrogen-bond donors (Lipinski definition) is 2. The molecule has 0 aliphatic rings. The average molecular weight is 325 g/mol. The van der Waals surface area contributed by atoms with Gasteiger partial charge in [-0.1, -0.05) is 35.9 Å². The van der Waals surface area contributed by atoms with Crippen LogP contribution in [0.4, 0.5) is 0 Å². The first-order chi connectivity index (χ1) is 11.6. The highest BCUT2D eigenvalue weighted by atomic mass is 15.2. The number of aliphatic imine (C=N–C) groups is 1. The van der Waals surface area contributed by atoms with Crippen LogP contribution in [0.1, 0.15) is 22.9 Å². The van der Waals surface area contributed by atoms with E-state index in [1.54, 1.807) is 13.2 Å². The van der Waals surface area contributed by atoms with Crippen molar-refractivity contribution < 1.29 is 0 Å². The lowest BCUT2D eigenvalue weighted by Gasteiger charge is -2.26. The number of benzene rings is 1. The highest BCUT2D eigenvalue weighted by Crippen LogP contribution is 2.17. The van der Waals surface area contributed by atoms with E-state index in [1.807, 2.05) is 18.2 Å². The Bertz CT molecular complexity index is 635. The van der Waals surface area contributed by atoms with E-state index in [9.17, 15) is 0 Å². The summed E-state index contributed by atoms with van der Waals surface area (Å²) in [6.07, 6.45) is 1.80. The summed E-state index contributed by atoms with van der Waals surface area (Å²) in [6, 6.07) is 14.9. The zero-order chi connectivity index (χ0) is 17.4. The molecule has 0 amide bonds. The van der Waals surface area contributed by atoms with Crippen LogP contribution in [0, 0.1) is 6.92 Å². The molecular weight excluding hydrogens is 298 g/mol. The molecule has 0 saturated carbocycles. The predicted molar refractivity (Wildman–Crippen MR) is 100 cm³/mol. The van der Waals surface area contributed by atoms with Gasteiger partial charge in [0.15, 0.2) is 5.96 Å². The standard InChI is InChI=1S/C19H27N5/c1-15-8-10-16(11-9-15)18(24(3)4)14-23-19(20-2)22-13-17-7-5-6-12-21-17/h5-12,18H,13-14H2,1-4H3,(H2,20,22,23). The zero-order valence-corrected chi connectivity index (χ0v) is 15.0. The smallest absolute Gasteiger partial charge is 0.191 e. The van der Waals surface area contributed by atoms with Crippen LogP contribution in [0.15, 0.2) is 53.7 Å². The summed E-state index contributed by atoms with van der Waals surface area (Å²) in [4.78, 5) is 10.8. The Morgan fingerprint density at radius 1 is 1.12 bits per heavy atom. The third kappa shape index (κ3) is 5.35. The van der Waals surface area contributed by atoms with Crippen molar-refractivity contribution in [1.82, 2.24) is 20.5 Å². The molecule has 0 spiro atoms. The third-order valence-electron chi connectivity index (χ3n) is 3.94. The maximum atomic E-state index is 4.31. The Morgan fingerprint density at radius 3 is 2.46 bits per heavy atom. The summed E-state index contributed by atoms with van der Waals surface area (Å²) in [7, 11) is 5.97. The van der Waals surface area contributed by atoms with Gasteiger partial charge in [0, 0.05) is 19.8 Å². The number of guanidine groups is 1. The maximum absolute atomic E-state index is 4.31. The fourth-order valence-electron chi connectivity index (χ4n) is 2.48. The monoisotopic (exact) mass is 325 g/mol. The van der Waals surface area contributed by atoms with Crippen LogP contribution in [-0.2, 0) is 6.54 Å². The van der Waals surface area contributed by atoms with Crippen molar-refractivity contribution in [3.05, 3.63) is 65.5 Å². The van der Waals surface area contributed by atoms with Crippen molar-refractivity contribution in [2.45, 2.75) is 19.5 Å². The number of aromatic nitrogens is 1. The van der Waals surface area contributed by atoms with Gasteiger partial charge in [0.25, 0.3) is 0 Å². The molecule has 2 aromatic rings. The normalized spacial score (nSPS) is 13.0. The number of hydrogen-bond acceptors (Lipinski definition) is 3. The first-order valence-electron chi connectivity index (χ1n) is 8.17. The first kappa shape index (κ1) is 17.9. The number of likely N-dealkylation sites (N-methyl/N-ethyl adjacent to an activating group) is 1. The fourth-order valence-corrected chi connectivity index (χ4v) is 2.48. The molecule has 24 heavy (non-hydrogen) atoms. The molecule has 128 valence electrons. The van der Waals surface area contributed by atoms with Crippen molar-refractivity contribution in [2.75, 3.05) is 27.7 Å². The van der Waals surface area contributed by atoms with Crippen LogP contribution in [0.5, 0.6) is 0 Å². The van der Waals surface area contributed by atoms with Crippen molar-refractivity contribution in [3.63, 3.8) is 0 Å². The van der Waals surface area contributed by atoms with Gasteiger partial charge in [0.1, 0.15) is 0 Å². The molecule has 0 radical (unpaired) electrons. The second-order valence-corrected chi connectivity index (χ2v) is 6.02. The fraction of sp³-hybridized carbons (Fsp3) is 0.368. The predicted octanol–water partition coefficient (Wildman–Crippen LogP) is 2.36. The lowest BCUT2D eigenvalue weighted by molar-refractivity contribution is 0.298. The van der Waals surface area contributed by atoms with E-state index in [1.165, 1.54) is 11.1 Å². The van der Waals surface area contributed by atoms with Crippen LogP contribution in [0.25, 0.3) is 0 Å². The molecule has 2 N–H and O–H groups in total. The highest BCUT2D eigenvalue weighted by Gasteiger charge is 2.14. The summed E-state index contributed by atoms with van der Waals surface area (Å²) in [5.41, 5.74) is 3.55. The van der Waals surface area contributed by atoms with E-state index >= 15 is 0 Å². The minimum absolute atomic E-state index is 0.277. The van der Waals surface area contributed by atoms with Crippen molar-refractivity contribution >= 4 is 5.96 Å². The van der Waals surface area contributed by atoms with E-state index in [2.05, 4.69) is 70.8 Å². The molecule has 0 aliphatic heterocycles. The van der Waals surface area contributed by atoms with Crippen LogP contribution in [0.3, 0.4) is 0 Å². The lowest BCUT2D eigenvalue weighted by Crippen LogP contribution is -2.41. The van der Waals surface area contributed by atoms with E-state index in [0.29, 0.717) is 6.54 Å². The van der Waals surface area contributed by atoms with Gasteiger partial charge in [0.2, 0.25) is 0 Å². The van der Waals surface area contributed by atoms with Gasteiger partial charge in [-0.05, 0) is 38.7 Å². The minimum Gasteiger partial charge on any atom is -0.354 e. The van der Waals surface area contributed by atoms with Gasteiger partial charge in [-0.15, -0.1) is 0 Å². The quantitative estimate of drug-likeness (QED) is 0.632. The summed E-state index contributed by atoms with van der Waals surface area (Å²) < 4.78 is 0. The number of pyridine rings is 1. The van der Waals surface area contributed by atoms with E-state index in [-0.39, 0.29) is 6.04 Å². The zero-order valence-electron chi connectivity index (χ0n) is 15.0. The van der Waals surface area contributed by atoms with Gasteiger partial charge >= 0.3 is 0 Å². The molecular formula is C19H27N5. The lowest BCUT2D eigenvalue weighted by atomic mass is 10.0. The van der Waals surface area contributed by atoms with Gasteiger partial charge in [-0.3, -0.25) is 9.98 Å². The van der Waals surface area contributed by atoms with Gasteiger partial charge in [-0.2, -0.15) is 0 Å². The summed E-state index contributed by atoms with van der Waals surface area (Å²) >= 11 is 0. The number of rotatable bonds is 6. The SMILES string of the molecule is CN=C(NCc1ccccn1)NCC(c1ccc(C)cc1)N(C)C. The van der Waals surface area contributed by atoms with Crippen LogP contribution in [0.2, 0.25) is 0 Å². The summed E-state index contributed by atoms with van der Waals surface area (Å²) in [5, 5.41) is 6.70. The van der Waals surface area contributed by atoms with E-state index in [4.69, 9.17) is 0 Å². The van der Waals surface area contributed by atoms with Gasteiger partial charge in [-0.25, -0.2) is 0 Å². The molecule has 0 saturated heterocycles. The number of aryl methyl sites for hydroxylation is 1. The highest BCUT2D eigenvalue weighted by molar-refractivity contribution is 5.79. The van der Waals surface area contributed by atoms with Crippen molar-refractivity contribution in [3.8, 4) is 0 Å². The molecule has 0 fully saturated rings. The van der Waals surface area contributed by atoms with Gasteiger partial charge in [0.05, 0.1) is 18.3 Å². The van der Waals surface area contributed by atoms with Crippen LogP contribution >= 0.6 is 0 Å². The second kappa shape index (κ2) is 9.03. The van der Waals surface area contributed by atoms with Crippen molar-refractivity contribution in [1.29, 1.82) is 0 Å². The van der Waals surface area contributed by atoms with Crippen molar-refractivity contribution in [2.24, 2.45) is 4.99 Å². The largest absolute Gasteiger partial charge is 0.354 e. The summed E-state index contributed by atoms with van der Waals surface area (Å²) in [5.74, 6) is 0.777. The summed E-state index contributed by atoms with van der Waals surface area (Å²) in [6.45, 7) is 3.53. The Balaban J connectivity index is 1.93. The molecule has 1 atom stereocenters. The molecule has 2 rings (SSSR count). The van der Waals surface area contributed by atoms with E-state index < -0.39 is 0 Å². The van der Waals surface area contributed by atoms with E-state index in [0.717, 1.165) is 18.2 Å². The molecule has 5 heteroatoms. The van der Waals surface area contributed by atoms with Crippen LogP contribution in [-0.4, -0.2) is 43.5 Å². The number of nitrogens with zero attached hydrogens (tertiary/aromatic N) is 3. The first-order valence-corrected chi connectivity index (χ1v) is 8.17. The Morgan fingerprint density at radius 2 is 1.88 bits per heavy atom. The topological polar surface area (TPSA) is 52.6 Å². The average Bonchev–Trinajstić information content (AvgIpc) is 2.60. The third-order valence-corrected chi connectivity index (χ3v) is 3.94. The molecule has 1 heterocycles. The number of nitrogens with one attached hydrogen (secondary N) is 2. The Kier molecular flexibility index (Phi) is 6.75. The molecule has 1 aromatic carbocycles. The maximum Gasteiger partial charge on any atom is 0.191 e. The Labute approximate surface area is 144 Å². The van der Waals surface area contributed by atoms with Crippen LogP contribution < -0.4 is 10.6 Å². The molecule has 5 nitrogen and oxygen atoms in total. The molecule has 1 aromatic heterocycles. The molecule has 0 bridgehead atoms. The Hall–Kier alpha value is -2.40. The molecule has 1 unspecified atom stereocenters.